The molecule has 5 heteroatoms. The van der Waals surface area contributed by atoms with E-state index in [4.69, 9.17) is 15.3 Å². The highest BCUT2D eigenvalue weighted by Gasteiger charge is 2.23. The second kappa shape index (κ2) is 6.43. The van der Waals surface area contributed by atoms with Crippen molar-refractivity contribution in [2.45, 2.75) is 39.3 Å². The maximum Gasteiger partial charge on any atom is 0.424 e. The van der Waals surface area contributed by atoms with Crippen molar-refractivity contribution < 1.29 is 14.3 Å². The third-order valence-electron chi connectivity index (χ3n) is 2.31. The van der Waals surface area contributed by atoms with Crippen LogP contribution in [-0.4, -0.2) is 29.4 Å². The van der Waals surface area contributed by atoms with Crippen molar-refractivity contribution in [1.82, 2.24) is 5.01 Å². The van der Waals surface area contributed by atoms with Gasteiger partial charge in [0.2, 0.25) is 0 Å². The lowest BCUT2D eigenvalue weighted by Gasteiger charge is -2.28. The average molecular weight is 266 g/mol. The molecular weight excluding hydrogens is 244 g/mol. The summed E-state index contributed by atoms with van der Waals surface area (Å²) in [7, 11) is 0. The van der Waals surface area contributed by atoms with Crippen molar-refractivity contribution in [3.05, 3.63) is 30.3 Å². The molecule has 2 N–H and O–H groups in total. The SMILES string of the molecule is CC(COc1ccccc1)N(N)C(=O)OC(C)(C)C. The van der Waals surface area contributed by atoms with Crippen molar-refractivity contribution in [1.29, 1.82) is 0 Å². The highest BCUT2D eigenvalue weighted by atomic mass is 16.6. The first-order chi connectivity index (χ1) is 8.79. The summed E-state index contributed by atoms with van der Waals surface area (Å²) < 4.78 is 10.7. The van der Waals surface area contributed by atoms with Crippen molar-refractivity contribution in [3.8, 4) is 5.75 Å². The molecular formula is C14H22N2O3. The number of carbonyl (C=O) groups excluding carboxylic acids is 1. The number of para-hydroxylation sites is 1. The Hall–Kier alpha value is -1.75. The molecule has 0 fully saturated rings. The molecule has 1 amide bonds. The summed E-state index contributed by atoms with van der Waals surface area (Å²) in [6, 6.07) is 9.09. The highest BCUT2D eigenvalue weighted by Crippen LogP contribution is 2.12. The predicted molar refractivity (Wildman–Crippen MR) is 73.7 cm³/mol. The van der Waals surface area contributed by atoms with Gasteiger partial charge in [0.1, 0.15) is 18.0 Å². The molecule has 0 spiro atoms. The Labute approximate surface area is 114 Å². The van der Waals surface area contributed by atoms with Crippen molar-refractivity contribution in [2.75, 3.05) is 6.61 Å². The molecule has 0 radical (unpaired) electrons. The van der Waals surface area contributed by atoms with Gasteiger partial charge in [-0.15, -0.1) is 0 Å². The van der Waals surface area contributed by atoms with Gasteiger partial charge in [-0.2, -0.15) is 0 Å². The van der Waals surface area contributed by atoms with Crippen LogP contribution in [0.4, 0.5) is 4.79 Å². The predicted octanol–water partition coefficient (Wildman–Crippen LogP) is 2.56. The Morgan fingerprint density at radius 2 is 1.89 bits per heavy atom. The van der Waals surface area contributed by atoms with E-state index in [9.17, 15) is 4.79 Å². The van der Waals surface area contributed by atoms with Crippen LogP contribution in [0.3, 0.4) is 0 Å². The fourth-order valence-corrected chi connectivity index (χ4v) is 1.31. The minimum atomic E-state index is -0.561. The van der Waals surface area contributed by atoms with Crippen molar-refractivity contribution in [2.24, 2.45) is 5.84 Å². The molecule has 106 valence electrons. The number of hydrogen-bond donors (Lipinski definition) is 1. The van der Waals surface area contributed by atoms with Gasteiger partial charge < -0.3 is 9.47 Å². The maximum atomic E-state index is 11.7. The van der Waals surface area contributed by atoms with E-state index >= 15 is 0 Å². The summed E-state index contributed by atoms with van der Waals surface area (Å²) in [4.78, 5) is 11.7. The fraction of sp³-hybridized carbons (Fsp3) is 0.500. The molecule has 0 aromatic heterocycles. The Kier molecular flexibility index (Phi) is 5.18. The van der Waals surface area contributed by atoms with Crippen LogP contribution in [-0.2, 0) is 4.74 Å². The average Bonchev–Trinajstić information content (AvgIpc) is 2.34. The van der Waals surface area contributed by atoms with Gasteiger partial charge in [0, 0.05) is 0 Å². The van der Waals surface area contributed by atoms with E-state index in [0.29, 0.717) is 6.61 Å². The van der Waals surface area contributed by atoms with E-state index in [0.717, 1.165) is 10.8 Å². The van der Waals surface area contributed by atoms with Gasteiger partial charge in [-0.25, -0.2) is 15.6 Å². The molecule has 0 aliphatic heterocycles. The van der Waals surface area contributed by atoms with Crippen LogP contribution in [0.2, 0.25) is 0 Å². The van der Waals surface area contributed by atoms with Gasteiger partial charge in [0.25, 0.3) is 0 Å². The standard InChI is InChI=1S/C14H22N2O3/c1-11(10-18-12-8-6-5-7-9-12)16(15)13(17)19-14(2,3)4/h5-9,11H,10,15H2,1-4H3. The fourth-order valence-electron chi connectivity index (χ4n) is 1.31. The third kappa shape index (κ3) is 5.61. The first kappa shape index (κ1) is 15.3. The molecule has 0 heterocycles. The van der Waals surface area contributed by atoms with Gasteiger partial charge in [0.15, 0.2) is 0 Å². The van der Waals surface area contributed by atoms with E-state index in [1.54, 1.807) is 27.7 Å². The Morgan fingerprint density at radius 1 is 1.32 bits per heavy atom. The number of ether oxygens (including phenoxy) is 2. The molecule has 0 saturated carbocycles. The van der Waals surface area contributed by atoms with Crippen LogP contribution in [0.1, 0.15) is 27.7 Å². The van der Waals surface area contributed by atoms with Crippen LogP contribution in [0.5, 0.6) is 5.75 Å². The molecule has 1 rings (SSSR count). The summed E-state index contributed by atoms with van der Waals surface area (Å²) >= 11 is 0. The number of benzene rings is 1. The number of rotatable bonds is 4. The second-order valence-corrected chi connectivity index (χ2v) is 5.36. The van der Waals surface area contributed by atoms with Crippen LogP contribution in [0.25, 0.3) is 0 Å². The number of nitrogens with two attached hydrogens (primary N) is 1. The normalized spacial score (nSPS) is 12.7. The van der Waals surface area contributed by atoms with Crippen LogP contribution < -0.4 is 10.6 Å². The summed E-state index contributed by atoms with van der Waals surface area (Å²) in [5, 5.41) is 1.05. The topological polar surface area (TPSA) is 64.8 Å². The van der Waals surface area contributed by atoms with Crippen LogP contribution in [0.15, 0.2) is 30.3 Å². The largest absolute Gasteiger partial charge is 0.491 e. The molecule has 1 aromatic carbocycles. The number of hydrazine groups is 1. The van der Waals surface area contributed by atoms with E-state index in [1.165, 1.54) is 0 Å². The zero-order valence-electron chi connectivity index (χ0n) is 11.9. The number of nitrogens with zero attached hydrogens (tertiary/aromatic N) is 1. The number of amides is 1. The van der Waals surface area contributed by atoms with E-state index in [2.05, 4.69) is 0 Å². The molecule has 0 aliphatic carbocycles. The zero-order valence-corrected chi connectivity index (χ0v) is 11.9. The number of carbonyl (C=O) groups is 1. The Balaban J connectivity index is 2.44. The van der Waals surface area contributed by atoms with Gasteiger partial charge >= 0.3 is 6.09 Å². The zero-order chi connectivity index (χ0) is 14.5. The first-order valence-corrected chi connectivity index (χ1v) is 6.24. The van der Waals surface area contributed by atoms with E-state index in [1.807, 2.05) is 30.3 Å². The second-order valence-electron chi connectivity index (χ2n) is 5.36. The van der Waals surface area contributed by atoms with E-state index in [-0.39, 0.29) is 6.04 Å². The first-order valence-electron chi connectivity index (χ1n) is 6.24. The van der Waals surface area contributed by atoms with Gasteiger partial charge in [-0.3, -0.25) is 0 Å². The van der Waals surface area contributed by atoms with Gasteiger partial charge in [-0.1, -0.05) is 18.2 Å². The molecule has 0 saturated heterocycles. The molecule has 19 heavy (non-hydrogen) atoms. The monoisotopic (exact) mass is 266 g/mol. The Morgan fingerprint density at radius 3 is 2.42 bits per heavy atom. The van der Waals surface area contributed by atoms with Crippen molar-refractivity contribution >= 4 is 6.09 Å². The maximum absolute atomic E-state index is 11.7. The lowest BCUT2D eigenvalue weighted by Crippen LogP contribution is -2.48. The van der Waals surface area contributed by atoms with Gasteiger partial charge in [-0.05, 0) is 39.8 Å². The molecule has 1 unspecified atom stereocenters. The molecule has 1 atom stereocenters. The van der Waals surface area contributed by atoms with Gasteiger partial charge in [0.05, 0.1) is 6.04 Å². The molecule has 5 nitrogen and oxygen atoms in total. The molecule has 0 bridgehead atoms. The summed E-state index contributed by atoms with van der Waals surface area (Å²) in [6.07, 6.45) is -0.559. The lowest BCUT2D eigenvalue weighted by atomic mass is 10.2. The smallest absolute Gasteiger partial charge is 0.424 e. The van der Waals surface area contributed by atoms with Crippen LogP contribution in [0, 0.1) is 0 Å². The summed E-state index contributed by atoms with van der Waals surface area (Å²) in [6.45, 7) is 7.49. The highest BCUT2D eigenvalue weighted by molar-refractivity contribution is 5.67. The minimum Gasteiger partial charge on any atom is -0.491 e. The third-order valence-corrected chi connectivity index (χ3v) is 2.31. The molecule has 0 aliphatic rings. The number of hydrogen-bond acceptors (Lipinski definition) is 4. The van der Waals surface area contributed by atoms with E-state index < -0.39 is 11.7 Å². The summed E-state index contributed by atoms with van der Waals surface area (Å²) in [5.74, 6) is 6.45. The van der Waals surface area contributed by atoms with Crippen LogP contribution >= 0.6 is 0 Å². The Bertz CT molecular complexity index is 401. The van der Waals surface area contributed by atoms with Crippen molar-refractivity contribution in [3.63, 3.8) is 0 Å². The minimum absolute atomic E-state index is 0.282. The lowest BCUT2D eigenvalue weighted by molar-refractivity contribution is 0.0127. The quantitative estimate of drug-likeness (QED) is 0.517. The molecule has 1 aromatic rings. The summed E-state index contributed by atoms with van der Waals surface area (Å²) in [5.41, 5.74) is -0.561.